The molecule has 0 atom stereocenters. The van der Waals surface area contributed by atoms with E-state index in [2.05, 4.69) is 0 Å². The van der Waals surface area contributed by atoms with E-state index < -0.39 is 42.5 Å². The van der Waals surface area contributed by atoms with Crippen LogP contribution >= 0.6 is 35.0 Å². The molecule has 0 amide bonds. The lowest BCUT2D eigenvalue weighted by Crippen LogP contribution is -2.23. The number of thioether (sulfide) groups is 1. The highest BCUT2D eigenvalue weighted by molar-refractivity contribution is 8.10. The third-order valence-electron chi connectivity index (χ3n) is 5.15. The zero-order valence-electron chi connectivity index (χ0n) is 15.0. The molecule has 0 saturated heterocycles. The largest absolute Gasteiger partial charge is 0.289 e. The molecule has 0 aliphatic carbocycles. The topological polar surface area (TPSA) is 120 Å². The molecule has 1 aliphatic rings. The van der Waals surface area contributed by atoms with Crippen molar-refractivity contribution in [1.82, 2.24) is 0 Å². The van der Waals surface area contributed by atoms with E-state index in [9.17, 15) is 29.8 Å². The molecule has 31 heavy (non-hydrogen) atoms. The number of carbonyl (C=O) groups excluding carboxylic acids is 1. The van der Waals surface area contributed by atoms with Crippen LogP contribution in [0.5, 0.6) is 0 Å². The third kappa shape index (κ3) is 2.57. The number of rotatable bonds is 2. The second-order valence-corrected chi connectivity index (χ2v) is 8.55. The van der Waals surface area contributed by atoms with Crippen LogP contribution in [0, 0.1) is 20.2 Å². The molecule has 0 aromatic heterocycles. The second kappa shape index (κ2) is 6.61. The van der Waals surface area contributed by atoms with E-state index >= 15 is 0 Å². The van der Waals surface area contributed by atoms with Crippen LogP contribution < -0.4 is 10.6 Å². The van der Waals surface area contributed by atoms with Gasteiger partial charge in [0.05, 0.1) is 14.8 Å². The summed E-state index contributed by atoms with van der Waals surface area (Å²) in [6.45, 7) is 0. The van der Waals surface area contributed by atoms with Crippen molar-refractivity contribution in [2.45, 2.75) is 4.90 Å². The van der Waals surface area contributed by atoms with Gasteiger partial charge in [0.15, 0.2) is 5.43 Å². The van der Waals surface area contributed by atoms with Crippen LogP contribution in [0.15, 0.2) is 46.1 Å². The molecule has 8 nitrogen and oxygen atoms in total. The van der Waals surface area contributed by atoms with Crippen LogP contribution in [-0.4, -0.2) is 15.6 Å². The molecule has 0 unspecified atom stereocenters. The first-order valence-corrected chi connectivity index (χ1v) is 10.2. The Morgan fingerprint density at radius 1 is 0.839 bits per heavy atom. The van der Waals surface area contributed by atoms with Gasteiger partial charge < -0.3 is 0 Å². The molecule has 0 bridgehead atoms. The predicted molar refractivity (Wildman–Crippen MR) is 117 cm³/mol. The van der Waals surface area contributed by atoms with E-state index in [-0.39, 0.29) is 31.7 Å². The molecule has 11 heteroatoms. The molecule has 0 fully saturated rings. The SMILES string of the molecule is O=C1/C(=c2/c(=O)c3cc([N+](=O)[O-])c(Cl)c4c(Cl)c([N+](=O)[O-])cc2c43)Sc2ccccc21. The Bertz CT molecular complexity index is 1630. The predicted octanol–water partition coefficient (Wildman–Crippen LogP) is 4.73. The maximum absolute atomic E-state index is 13.3. The highest BCUT2D eigenvalue weighted by atomic mass is 35.5. The second-order valence-electron chi connectivity index (χ2n) is 6.74. The standard InChI is InChI=1S/C20H6Cl2N2O6S/c21-16-10(23(27)28)5-8-13-9(6-11(24(29)30)17(22)15(13)16)18(25)14(8)20-19(26)7-3-1-2-4-12(7)31-20/h1-6H/b20-14-. The van der Waals surface area contributed by atoms with Gasteiger partial charge in [-0.05, 0) is 12.1 Å². The van der Waals surface area contributed by atoms with Gasteiger partial charge in [-0.3, -0.25) is 29.8 Å². The van der Waals surface area contributed by atoms with Crippen molar-refractivity contribution in [3.05, 3.63) is 87.7 Å². The van der Waals surface area contributed by atoms with Gasteiger partial charge >= 0.3 is 0 Å². The smallest absolute Gasteiger partial charge is 0.289 e. The van der Waals surface area contributed by atoms with Crippen LogP contribution in [-0.2, 0) is 0 Å². The van der Waals surface area contributed by atoms with Crippen molar-refractivity contribution in [3.63, 3.8) is 0 Å². The van der Waals surface area contributed by atoms with Crippen molar-refractivity contribution < 1.29 is 14.6 Å². The fourth-order valence-electron chi connectivity index (χ4n) is 3.84. The number of fused-ring (bicyclic) bond motifs is 1. The summed E-state index contributed by atoms with van der Waals surface area (Å²) in [6, 6.07) is 8.90. The van der Waals surface area contributed by atoms with E-state index in [1.54, 1.807) is 24.3 Å². The van der Waals surface area contributed by atoms with E-state index in [1.165, 1.54) is 0 Å². The van der Waals surface area contributed by atoms with Gasteiger partial charge in [-0.15, -0.1) is 0 Å². The van der Waals surface area contributed by atoms with Gasteiger partial charge in [-0.25, -0.2) is 0 Å². The zero-order valence-corrected chi connectivity index (χ0v) is 17.3. The van der Waals surface area contributed by atoms with Crippen molar-refractivity contribution in [1.29, 1.82) is 0 Å². The summed E-state index contributed by atoms with van der Waals surface area (Å²) in [7, 11) is 0. The molecule has 0 saturated carbocycles. The van der Waals surface area contributed by atoms with Crippen molar-refractivity contribution in [2.24, 2.45) is 0 Å². The molecule has 152 valence electrons. The number of ketones is 1. The Morgan fingerprint density at radius 3 is 2.00 bits per heavy atom. The first kappa shape index (κ1) is 19.7. The van der Waals surface area contributed by atoms with Crippen LogP contribution in [0.1, 0.15) is 10.4 Å². The Hall–Kier alpha value is -3.27. The summed E-state index contributed by atoms with van der Waals surface area (Å²) in [5.41, 5.74) is -1.42. The Morgan fingerprint density at radius 2 is 1.42 bits per heavy atom. The first-order valence-electron chi connectivity index (χ1n) is 8.60. The maximum atomic E-state index is 13.3. The number of hydrogen-bond donors (Lipinski definition) is 0. The van der Waals surface area contributed by atoms with Crippen LogP contribution in [0.4, 0.5) is 11.4 Å². The average Bonchev–Trinajstić information content (AvgIpc) is 3.19. The Kier molecular flexibility index (Phi) is 4.20. The Labute approximate surface area is 185 Å². The molecule has 0 radical (unpaired) electrons. The molecule has 1 aliphatic heterocycles. The zero-order chi connectivity index (χ0) is 22.2. The summed E-state index contributed by atoms with van der Waals surface area (Å²) in [6.07, 6.45) is 0. The highest BCUT2D eigenvalue weighted by Crippen LogP contribution is 2.46. The summed E-state index contributed by atoms with van der Waals surface area (Å²) < 4.78 is 0. The summed E-state index contributed by atoms with van der Waals surface area (Å²) in [4.78, 5) is 48.6. The van der Waals surface area contributed by atoms with Gasteiger partial charge in [-0.1, -0.05) is 47.1 Å². The molecule has 5 rings (SSSR count). The van der Waals surface area contributed by atoms with E-state index in [4.69, 9.17) is 23.2 Å². The average molecular weight is 473 g/mol. The molecular formula is C20H6Cl2N2O6S. The molecule has 4 aromatic rings. The number of nitro benzene ring substituents is 2. The lowest BCUT2D eigenvalue weighted by molar-refractivity contribution is -0.384. The molecule has 1 heterocycles. The molecule has 0 N–H and O–H groups in total. The van der Waals surface area contributed by atoms with Gasteiger partial charge in [-0.2, -0.15) is 0 Å². The quantitative estimate of drug-likeness (QED) is 0.305. The molecular weight excluding hydrogens is 467 g/mol. The van der Waals surface area contributed by atoms with E-state index in [1.807, 2.05) is 0 Å². The summed E-state index contributed by atoms with van der Waals surface area (Å²) >= 11 is 13.5. The van der Waals surface area contributed by atoms with Crippen molar-refractivity contribution in [3.8, 4) is 0 Å². The number of nitro groups is 2. The normalized spacial score (nSPS) is 15.1. The maximum Gasteiger partial charge on any atom is 0.289 e. The first-order chi connectivity index (χ1) is 14.7. The lowest BCUT2D eigenvalue weighted by atomic mass is 10.0. The number of hydrogen-bond acceptors (Lipinski definition) is 7. The number of halogens is 2. The monoisotopic (exact) mass is 472 g/mol. The molecule has 4 aromatic carbocycles. The number of carbonyl (C=O) groups is 1. The number of nitrogens with zero attached hydrogens (tertiary/aromatic N) is 2. The minimum Gasteiger partial charge on any atom is -0.289 e. The Balaban J connectivity index is 2.07. The minimum atomic E-state index is -0.795. The fraction of sp³-hybridized carbons (Fsp3) is 0. The van der Waals surface area contributed by atoms with Gasteiger partial charge in [0.25, 0.3) is 11.4 Å². The number of benzene rings is 3. The minimum absolute atomic E-state index is 0.0532. The lowest BCUT2D eigenvalue weighted by Gasteiger charge is -2.06. The van der Waals surface area contributed by atoms with Crippen LogP contribution in [0.3, 0.4) is 0 Å². The van der Waals surface area contributed by atoms with Gasteiger partial charge in [0.2, 0.25) is 5.78 Å². The number of Topliss-reactive ketones (excluding diaryl/α,β-unsaturated/α-hetero) is 1. The van der Waals surface area contributed by atoms with Crippen LogP contribution in [0.2, 0.25) is 10.0 Å². The summed E-state index contributed by atoms with van der Waals surface area (Å²) in [5, 5.41) is 22.2. The van der Waals surface area contributed by atoms with Crippen LogP contribution in [0.25, 0.3) is 26.5 Å². The highest BCUT2D eigenvalue weighted by Gasteiger charge is 2.32. The summed E-state index contributed by atoms with van der Waals surface area (Å²) in [5.74, 6) is -0.400. The fourth-order valence-corrected chi connectivity index (χ4v) is 5.66. The van der Waals surface area contributed by atoms with Gasteiger partial charge in [0, 0.05) is 49.4 Å². The van der Waals surface area contributed by atoms with E-state index in [0.29, 0.717) is 10.5 Å². The van der Waals surface area contributed by atoms with Crippen molar-refractivity contribution in [2.75, 3.05) is 0 Å². The van der Waals surface area contributed by atoms with Crippen molar-refractivity contribution >= 4 is 78.6 Å². The molecule has 0 spiro atoms. The third-order valence-corrected chi connectivity index (χ3v) is 7.09. The van der Waals surface area contributed by atoms with Gasteiger partial charge in [0.1, 0.15) is 10.0 Å². The van der Waals surface area contributed by atoms with E-state index in [0.717, 1.165) is 23.9 Å².